The first-order chi connectivity index (χ1) is 29.2. The second-order valence-electron chi connectivity index (χ2n) is 15.1. The first-order valence-corrected chi connectivity index (χ1v) is 19.9. The van der Waals surface area contributed by atoms with E-state index in [4.69, 9.17) is 19.4 Å². The second kappa shape index (κ2) is 13.3. The van der Waals surface area contributed by atoms with Gasteiger partial charge in [-0.05, 0) is 53.1 Å². The summed E-state index contributed by atoms with van der Waals surface area (Å²) in [6.07, 6.45) is 0. The van der Waals surface area contributed by atoms with E-state index in [0.717, 1.165) is 116 Å². The Bertz CT molecular complexity index is 3590. The minimum atomic E-state index is 0.852. The molecule has 12 aromatic rings. The quantitative estimate of drug-likeness (QED) is 0.164. The second-order valence-corrected chi connectivity index (χ2v) is 15.1. The number of rotatable bonds is 5. The van der Waals surface area contributed by atoms with Crippen molar-refractivity contribution in [2.24, 2.45) is 0 Å². The highest BCUT2D eigenvalue weighted by Crippen LogP contribution is 2.46. The predicted octanol–water partition coefficient (Wildman–Crippen LogP) is 14.7. The van der Waals surface area contributed by atoms with E-state index in [-0.39, 0.29) is 0 Å². The van der Waals surface area contributed by atoms with E-state index >= 15 is 0 Å². The largest absolute Gasteiger partial charge is 0.456 e. The molecule has 12 rings (SSSR count). The van der Waals surface area contributed by atoms with Crippen LogP contribution in [-0.2, 0) is 0 Å². The van der Waals surface area contributed by atoms with Crippen LogP contribution in [0.2, 0.25) is 0 Å². The highest BCUT2D eigenvalue weighted by molar-refractivity contribution is 6.27. The molecule has 4 aromatic heterocycles. The van der Waals surface area contributed by atoms with Gasteiger partial charge in [0.1, 0.15) is 11.2 Å². The molecule has 0 aliphatic heterocycles. The summed E-state index contributed by atoms with van der Waals surface area (Å²) < 4.78 is 6.60. The third-order valence-corrected chi connectivity index (χ3v) is 11.6. The molecule has 4 nitrogen and oxygen atoms in total. The standard InChI is InChI=1S/C55H33N3O/c1-3-12-35(13-4-1)45-30-28-38-26-27-39-29-31-46(57-55(39)54(38)56-45)36-24-22-34(23-25-36)40-16-11-17-41(32-40)53-44-33-49-52(43-19-8-10-21-48(43)59-49)50(37-14-5-2-6-15-37)51(44)42-18-7-9-20-47(42)58-53/h1-33H. The maximum Gasteiger partial charge on any atom is 0.136 e. The molecule has 59 heavy (non-hydrogen) atoms. The van der Waals surface area contributed by atoms with Gasteiger partial charge in [-0.25, -0.2) is 15.0 Å². The molecule has 0 unspecified atom stereocenters. The van der Waals surface area contributed by atoms with Crippen LogP contribution in [0.25, 0.3) is 121 Å². The Morgan fingerprint density at radius 2 is 0.881 bits per heavy atom. The van der Waals surface area contributed by atoms with Crippen molar-refractivity contribution in [2.45, 2.75) is 0 Å². The van der Waals surface area contributed by atoms with Gasteiger partial charge in [-0.2, -0.15) is 0 Å². The van der Waals surface area contributed by atoms with Gasteiger partial charge in [0.05, 0.1) is 33.6 Å². The van der Waals surface area contributed by atoms with E-state index in [1.54, 1.807) is 0 Å². The molecule has 0 saturated carbocycles. The maximum atomic E-state index is 6.60. The molecule has 0 saturated heterocycles. The van der Waals surface area contributed by atoms with Crippen molar-refractivity contribution in [3.05, 3.63) is 200 Å². The van der Waals surface area contributed by atoms with Crippen LogP contribution < -0.4 is 0 Å². The van der Waals surface area contributed by atoms with Crippen molar-refractivity contribution in [2.75, 3.05) is 0 Å². The zero-order valence-electron chi connectivity index (χ0n) is 31.8. The Balaban J connectivity index is 0.980. The normalized spacial score (nSPS) is 11.7. The number of pyridine rings is 3. The number of furan rings is 1. The zero-order chi connectivity index (χ0) is 38.9. The van der Waals surface area contributed by atoms with Gasteiger partial charge in [-0.3, -0.25) is 0 Å². The fourth-order valence-electron chi connectivity index (χ4n) is 8.81. The Hall–Kier alpha value is -7.95. The van der Waals surface area contributed by atoms with Crippen LogP contribution in [0, 0.1) is 0 Å². The Morgan fingerprint density at radius 1 is 0.322 bits per heavy atom. The molecule has 0 amide bonds. The maximum absolute atomic E-state index is 6.60. The summed E-state index contributed by atoms with van der Waals surface area (Å²) in [5, 5.41) is 7.72. The van der Waals surface area contributed by atoms with Crippen molar-refractivity contribution in [3.63, 3.8) is 0 Å². The van der Waals surface area contributed by atoms with Crippen LogP contribution in [-0.4, -0.2) is 15.0 Å². The van der Waals surface area contributed by atoms with E-state index in [2.05, 4.69) is 176 Å². The summed E-state index contributed by atoms with van der Waals surface area (Å²) in [7, 11) is 0. The third-order valence-electron chi connectivity index (χ3n) is 11.6. The minimum absolute atomic E-state index is 0.852. The van der Waals surface area contributed by atoms with Gasteiger partial charge >= 0.3 is 0 Å². The molecule has 0 bridgehead atoms. The number of hydrogen-bond donors (Lipinski definition) is 0. The average molecular weight is 752 g/mol. The van der Waals surface area contributed by atoms with Gasteiger partial charge in [0.2, 0.25) is 0 Å². The topological polar surface area (TPSA) is 51.8 Å². The van der Waals surface area contributed by atoms with Gasteiger partial charge in [0, 0.05) is 60.0 Å². The Kier molecular flexibility index (Phi) is 7.50. The number of hydrogen-bond acceptors (Lipinski definition) is 4. The van der Waals surface area contributed by atoms with Crippen molar-refractivity contribution < 1.29 is 4.42 Å². The number of para-hydroxylation sites is 2. The van der Waals surface area contributed by atoms with E-state index < -0.39 is 0 Å². The molecule has 4 heteroatoms. The van der Waals surface area contributed by atoms with E-state index in [9.17, 15) is 0 Å². The average Bonchev–Trinajstić information content (AvgIpc) is 3.69. The predicted molar refractivity (Wildman–Crippen MR) is 244 cm³/mol. The lowest BCUT2D eigenvalue weighted by Crippen LogP contribution is -1.93. The molecule has 8 aromatic carbocycles. The number of benzene rings is 8. The van der Waals surface area contributed by atoms with Crippen molar-refractivity contribution in [1.82, 2.24) is 15.0 Å². The summed E-state index contributed by atoms with van der Waals surface area (Å²) in [6, 6.07) is 70.2. The third kappa shape index (κ3) is 5.49. The zero-order valence-corrected chi connectivity index (χ0v) is 31.8. The first-order valence-electron chi connectivity index (χ1n) is 19.9. The summed E-state index contributed by atoms with van der Waals surface area (Å²) in [5.41, 5.74) is 15.0. The summed E-state index contributed by atoms with van der Waals surface area (Å²) in [6.45, 7) is 0. The highest BCUT2D eigenvalue weighted by atomic mass is 16.3. The summed E-state index contributed by atoms with van der Waals surface area (Å²) in [4.78, 5) is 15.7. The number of fused-ring (bicyclic) bond motifs is 9. The minimum Gasteiger partial charge on any atom is -0.456 e. The van der Waals surface area contributed by atoms with E-state index in [1.807, 2.05) is 24.3 Å². The van der Waals surface area contributed by atoms with Crippen LogP contribution in [0.5, 0.6) is 0 Å². The molecule has 4 heterocycles. The lowest BCUT2D eigenvalue weighted by Gasteiger charge is -2.16. The van der Waals surface area contributed by atoms with E-state index in [1.165, 1.54) is 5.39 Å². The lowest BCUT2D eigenvalue weighted by atomic mass is 9.89. The van der Waals surface area contributed by atoms with Crippen LogP contribution >= 0.6 is 0 Å². The van der Waals surface area contributed by atoms with Gasteiger partial charge in [-0.1, -0.05) is 164 Å². The number of aromatic nitrogens is 3. The van der Waals surface area contributed by atoms with Gasteiger partial charge in [0.15, 0.2) is 0 Å². The molecule has 0 aliphatic carbocycles. The Labute approximate surface area is 339 Å². The summed E-state index contributed by atoms with van der Waals surface area (Å²) >= 11 is 0. The van der Waals surface area contributed by atoms with E-state index in [0.29, 0.717) is 0 Å². The molecule has 274 valence electrons. The van der Waals surface area contributed by atoms with Crippen LogP contribution in [0.3, 0.4) is 0 Å². The molecule has 0 N–H and O–H groups in total. The van der Waals surface area contributed by atoms with Crippen molar-refractivity contribution >= 4 is 65.4 Å². The smallest absolute Gasteiger partial charge is 0.136 e. The molecule has 0 aliphatic rings. The van der Waals surface area contributed by atoms with Crippen LogP contribution in [0.4, 0.5) is 0 Å². The monoisotopic (exact) mass is 751 g/mol. The fourth-order valence-corrected chi connectivity index (χ4v) is 8.81. The number of nitrogens with zero attached hydrogens (tertiary/aromatic N) is 3. The molecule has 0 atom stereocenters. The SMILES string of the molecule is c1ccc(-c2ccc3ccc4ccc(-c5ccc(-c6cccc(-c7nc8ccccc8c8c(-c9ccccc9)c9c(cc78)oc7ccccc79)c6)cc5)nc4c3n2)cc1. The van der Waals surface area contributed by atoms with Crippen molar-refractivity contribution in [3.8, 4) is 56.0 Å². The summed E-state index contributed by atoms with van der Waals surface area (Å²) in [5.74, 6) is 0. The highest BCUT2D eigenvalue weighted by Gasteiger charge is 2.22. The van der Waals surface area contributed by atoms with Gasteiger partial charge in [-0.15, -0.1) is 0 Å². The van der Waals surface area contributed by atoms with Gasteiger partial charge < -0.3 is 4.42 Å². The fraction of sp³-hybridized carbons (Fsp3) is 0. The Morgan fingerprint density at radius 3 is 1.61 bits per heavy atom. The molecule has 0 radical (unpaired) electrons. The van der Waals surface area contributed by atoms with Crippen molar-refractivity contribution in [1.29, 1.82) is 0 Å². The molecule has 0 fully saturated rings. The van der Waals surface area contributed by atoms with Crippen LogP contribution in [0.15, 0.2) is 205 Å². The van der Waals surface area contributed by atoms with Crippen LogP contribution in [0.1, 0.15) is 0 Å². The first kappa shape index (κ1) is 33.2. The molecular weight excluding hydrogens is 719 g/mol. The van der Waals surface area contributed by atoms with Gasteiger partial charge in [0.25, 0.3) is 0 Å². The molecule has 0 spiro atoms. The lowest BCUT2D eigenvalue weighted by molar-refractivity contribution is 0.669. The molecular formula is C55H33N3O.